The first kappa shape index (κ1) is 10.9. The standard InChI is InChI=1S/C10H20FNO/c1-7(2)13-6-10-9(11)5-8(3)12(10)4/h7-10H,5-6H2,1-4H3/t8-,9+,10?/m1/s1. The van der Waals surface area contributed by atoms with Crippen LogP contribution in [0.15, 0.2) is 0 Å². The van der Waals surface area contributed by atoms with Crippen molar-refractivity contribution in [1.82, 2.24) is 4.90 Å². The molecule has 3 heteroatoms. The van der Waals surface area contributed by atoms with Crippen LogP contribution in [0.1, 0.15) is 27.2 Å². The Morgan fingerprint density at radius 2 is 2.15 bits per heavy atom. The lowest BCUT2D eigenvalue weighted by Gasteiger charge is -2.24. The Hall–Kier alpha value is -0.150. The van der Waals surface area contributed by atoms with Crippen LogP contribution in [-0.4, -0.2) is 42.9 Å². The maximum Gasteiger partial charge on any atom is 0.119 e. The van der Waals surface area contributed by atoms with E-state index in [1.165, 1.54) is 0 Å². The first-order chi connectivity index (χ1) is 6.02. The number of likely N-dealkylation sites (N-methyl/N-ethyl adjacent to an activating group) is 1. The molecule has 2 nitrogen and oxygen atoms in total. The number of alkyl halides is 1. The van der Waals surface area contributed by atoms with Crippen molar-refractivity contribution in [1.29, 1.82) is 0 Å². The van der Waals surface area contributed by atoms with Gasteiger partial charge in [0.1, 0.15) is 6.17 Å². The minimum Gasteiger partial charge on any atom is -0.377 e. The fourth-order valence-corrected chi connectivity index (χ4v) is 1.74. The zero-order valence-electron chi connectivity index (χ0n) is 8.96. The second kappa shape index (κ2) is 4.38. The fourth-order valence-electron chi connectivity index (χ4n) is 1.74. The Balaban J connectivity index is 2.39. The van der Waals surface area contributed by atoms with Crippen LogP contribution >= 0.6 is 0 Å². The quantitative estimate of drug-likeness (QED) is 0.671. The summed E-state index contributed by atoms with van der Waals surface area (Å²) in [5.41, 5.74) is 0. The predicted octanol–water partition coefficient (Wildman–Crippen LogP) is 1.84. The van der Waals surface area contributed by atoms with Crippen LogP contribution in [0.4, 0.5) is 4.39 Å². The van der Waals surface area contributed by atoms with E-state index in [0.29, 0.717) is 19.1 Å². The van der Waals surface area contributed by atoms with Gasteiger partial charge in [0.25, 0.3) is 0 Å². The summed E-state index contributed by atoms with van der Waals surface area (Å²) in [4.78, 5) is 2.08. The maximum atomic E-state index is 13.4. The van der Waals surface area contributed by atoms with E-state index in [2.05, 4.69) is 11.8 Å². The van der Waals surface area contributed by atoms with Crippen LogP contribution < -0.4 is 0 Å². The molecule has 0 bridgehead atoms. The molecule has 1 aliphatic rings. The first-order valence-electron chi connectivity index (χ1n) is 5.00. The molecule has 3 atom stereocenters. The van der Waals surface area contributed by atoms with E-state index in [1.807, 2.05) is 20.9 Å². The summed E-state index contributed by atoms with van der Waals surface area (Å²) in [7, 11) is 1.97. The summed E-state index contributed by atoms with van der Waals surface area (Å²) in [5, 5.41) is 0. The van der Waals surface area contributed by atoms with Crippen molar-refractivity contribution >= 4 is 0 Å². The molecule has 0 aliphatic carbocycles. The van der Waals surface area contributed by atoms with Crippen LogP contribution in [0.2, 0.25) is 0 Å². The third kappa shape index (κ3) is 2.64. The number of likely N-dealkylation sites (tertiary alicyclic amines) is 1. The lowest BCUT2D eigenvalue weighted by Crippen LogP contribution is -2.37. The predicted molar refractivity (Wildman–Crippen MR) is 51.6 cm³/mol. The Morgan fingerprint density at radius 1 is 1.54 bits per heavy atom. The summed E-state index contributed by atoms with van der Waals surface area (Å²) >= 11 is 0. The molecule has 0 aromatic heterocycles. The number of halogens is 1. The zero-order chi connectivity index (χ0) is 10.0. The van der Waals surface area contributed by atoms with Gasteiger partial charge in [0, 0.05) is 6.04 Å². The summed E-state index contributed by atoms with van der Waals surface area (Å²) < 4.78 is 18.9. The Labute approximate surface area is 80.1 Å². The van der Waals surface area contributed by atoms with E-state index in [1.54, 1.807) is 0 Å². The highest BCUT2D eigenvalue weighted by molar-refractivity contribution is 4.90. The third-order valence-corrected chi connectivity index (χ3v) is 2.80. The van der Waals surface area contributed by atoms with Gasteiger partial charge in [0.15, 0.2) is 0 Å². The molecular weight excluding hydrogens is 169 g/mol. The average Bonchev–Trinajstić information content (AvgIpc) is 2.24. The van der Waals surface area contributed by atoms with Crippen LogP contribution in [0.25, 0.3) is 0 Å². The largest absolute Gasteiger partial charge is 0.377 e. The number of ether oxygens (including phenoxy) is 1. The van der Waals surface area contributed by atoms with E-state index in [4.69, 9.17) is 4.74 Å². The van der Waals surface area contributed by atoms with Crippen molar-refractivity contribution in [2.75, 3.05) is 13.7 Å². The number of hydrogen-bond acceptors (Lipinski definition) is 2. The average molecular weight is 189 g/mol. The molecule has 0 aromatic carbocycles. The van der Waals surface area contributed by atoms with Crippen molar-refractivity contribution in [2.45, 2.75) is 51.6 Å². The van der Waals surface area contributed by atoms with Crippen molar-refractivity contribution in [2.24, 2.45) is 0 Å². The molecule has 1 aliphatic heterocycles. The molecule has 0 N–H and O–H groups in total. The van der Waals surface area contributed by atoms with Gasteiger partial charge in [0.05, 0.1) is 18.8 Å². The van der Waals surface area contributed by atoms with Crippen LogP contribution in [0, 0.1) is 0 Å². The summed E-state index contributed by atoms with van der Waals surface area (Å²) in [5.74, 6) is 0. The van der Waals surface area contributed by atoms with Crippen molar-refractivity contribution in [3.63, 3.8) is 0 Å². The van der Waals surface area contributed by atoms with Gasteiger partial charge in [-0.15, -0.1) is 0 Å². The highest BCUT2D eigenvalue weighted by atomic mass is 19.1. The molecule has 13 heavy (non-hydrogen) atoms. The molecule has 1 fully saturated rings. The van der Waals surface area contributed by atoms with Gasteiger partial charge < -0.3 is 4.74 Å². The molecule has 0 saturated carbocycles. The molecule has 1 saturated heterocycles. The van der Waals surface area contributed by atoms with Crippen molar-refractivity contribution < 1.29 is 9.13 Å². The van der Waals surface area contributed by atoms with Gasteiger partial charge in [-0.1, -0.05) is 0 Å². The molecule has 78 valence electrons. The topological polar surface area (TPSA) is 12.5 Å². The molecule has 0 radical (unpaired) electrons. The van der Waals surface area contributed by atoms with Crippen molar-refractivity contribution in [3.05, 3.63) is 0 Å². The first-order valence-corrected chi connectivity index (χ1v) is 5.00. The molecule has 1 heterocycles. The molecule has 0 aromatic rings. The van der Waals surface area contributed by atoms with Crippen LogP contribution in [-0.2, 0) is 4.74 Å². The highest BCUT2D eigenvalue weighted by Crippen LogP contribution is 2.25. The maximum absolute atomic E-state index is 13.4. The highest BCUT2D eigenvalue weighted by Gasteiger charge is 2.36. The third-order valence-electron chi connectivity index (χ3n) is 2.80. The number of nitrogens with zero attached hydrogens (tertiary/aromatic N) is 1. The van der Waals surface area contributed by atoms with E-state index in [-0.39, 0.29) is 12.1 Å². The van der Waals surface area contributed by atoms with E-state index < -0.39 is 6.17 Å². The second-order valence-electron chi connectivity index (χ2n) is 4.22. The lowest BCUT2D eigenvalue weighted by atomic mass is 10.2. The second-order valence-corrected chi connectivity index (χ2v) is 4.22. The Bertz CT molecular complexity index is 163. The minimum atomic E-state index is -0.723. The normalized spacial score (nSPS) is 36.0. The zero-order valence-corrected chi connectivity index (χ0v) is 8.96. The van der Waals surface area contributed by atoms with E-state index in [0.717, 1.165) is 0 Å². The molecular formula is C10H20FNO. The van der Waals surface area contributed by atoms with Gasteiger partial charge in [-0.2, -0.15) is 0 Å². The number of rotatable bonds is 3. The molecule has 0 amide bonds. The summed E-state index contributed by atoms with van der Waals surface area (Å²) in [6, 6.07) is 0.299. The lowest BCUT2D eigenvalue weighted by molar-refractivity contribution is 0.0235. The van der Waals surface area contributed by atoms with Gasteiger partial charge in [0.2, 0.25) is 0 Å². The number of hydrogen-bond donors (Lipinski definition) is 0. The Morgan fingerprint density at radius 3 is 2.54 bits per heavy atom. The molecule has 0 spiro atoms. The molecule has 1 unspecified atom stereocenters. The molecule has 1 rings (SSSR count). The van der Waals surface area contributed by atoms with Crippen molar-refractivity contribution in [3.8, 4) is 0 Å². The van der Waals surface area contributed by atoms with Gasteiger partial charge in [-0.3, -0.25) is 4.90 Å². The Kier molecular flexibility index (Phi) is 3.68. The van der Waals surface area contributed by atoms with Gasteiger partial charge >= 0.3 is 0 Å². The van der Waals surface area contributed by atoms with E-state index >= 15 is 0 Å². The monoisotopic (exact) mass is 189 g/mol. The van der Waals surface area contributed by atoms with Gasteiger partial charge in [-0.25, -0.2) is 4.39 Å². The van der Waals surface area contributed by atoms with Crippen LogP contribution in [0.5, 0.6) is 0 Å². The summed E-state index contributed by atoms with van der Waals surface area (Å²) in [6.45, 7) is 6.53. The SMILES string of the molecule is CC(C)OCC1[C@@H](F)C[C@@H](C)N1C. The van der Waals surface area contributed by atoms with Crippen LogP contribution in [0.3, 0.4) is 0 Å². The smallest absolute Gasteiger partial charge is 0.119 e. The van der Waals surface area contributed by atoms with E-state index in [9.17, 15) is 4.39 Å². The summed E-state index contributed by atoms with van der Waals surface area (Å²) in [6.07, 6.45) is 0.109. The van der Waals surface area contributed by atoms with Gasteiger partial charge in [-0.05, 0) is 34.2 Å². The minimum absolute atomic E-state index is 0.0441. The fraction of sp³-hybridized carbons (Fsp3) is 1.00.